The van der Waals surface area contributed by atoms with Crippen molar-refractivity contribution in [3.05, 3.63) is 64.7 Å². The van der Waals surface area contributed by atoms with Gasteiger partial charge in [0.15, 0.2) is 5.78 Å². The van der Waals surface area contributed by atoms with Crippen LogP contribution in [-0.2, 0) is 38.1 Å². The summed E-state index contributed by atoms with van der Waals surface area (Å²) in [7, 11) is 1.49. The monoisotopic (exact) mass is 500 g/mol. The van der Waals surface area contributed by atoms with Crippen LogP contribution in [0.5, 0.6) is 5.75 Å². The molecule has 2 aromatic rings. The van der Waals surface area contributed by atoms with E-state index < -0.39 is 23.4 Å². The molecule has 1 aliphatic carbocycles. The number of nitrogens with one attached hydrogen (secondary N) is 1. The van der Waals surface area contributed by atoms with Crippen LogP contribution in [0, 0.1) is 0 Å². The molecule has 2 aliphatic rings. The van der Waals surface area contributed by atoms with Crippen LogP contribution in [0.25, 0.3) is 0 Å². The molecule has 1 fully saturated rings. The molecule has 0 radical (unpaired) electrons. The predicted molar refractivity (Wildman–Crippen MR) is 124 cm³/mol. The minimum atomic E-state index is -3.79. The van der Waals surface area contributed by atoms with Gasteiger partial charge in [0.25, 0.3) is 11.8 Å². The van der Waals surface area contributed by atoms with Gasteiger partial charge in [-0.05, 0) is 35.7 Å². The van der Waals surface area contributed by atoms with Gasteiger partial charge in [-0.2, -0.15) is 8.78 Å². The smallest absolute Gasteiger partial charge is 0.349 e. The summed E-state index contributed by atoms with van der Waals surface area (Å²) in [6.45, 7) is 0.494. The van der Waals surface area contributed by atoms with Crippen molar-refractivity contribution in [2.75, 3.05) is 20.3 Å². The van der Waals surface area contributed by atoms with Crippen molar-refractivity contribution < 1.29 is 37.4 Å². The number of methoxy groups -OCH3 is 1. The molecule has 2 amide bonds. The fourth-order valence-corrected chi connectivity index (χ4v) is 4.40. The number of hydrogen-bond acceptors (Lipinski definition) is 6. The number of carbonyl (C=O) groups excluding carboxylic acids is 4. The lowest BCUT2D eigenvalue weighted by atomic mass is 9.92. The summed E-state index contributed by atoms with van der Waals surface area (Å²) < 4.78 is 39.8. The summed E-state index contributed by atoms with van der Waals surface area (Å²) in [5, 5.41) is 2.26. The standard InChI is InChI=1S/C26H26F2N2O6/c1-35-9-10-36-20-4-2-3-18(12-20)26(27,28)25(34)29-14-16-5-7-21-17(11-16)15-30(24(21)33)22-8-6-19(31)13-23(22)32/h2-5,7,11-12,22H,6,8-10,13-15H2,1H3,(H,29,34). The average molecular weight is 500 g/mol. The topological polar surface area (TPSA) is 102 Å². The average Bonchev–Trinajstić information content (AvgIpc) is 3.18. The zero-order valence-corrected chi connectivity index (χ0v) is 19.7. The Labute approximate surface area is 206 Å². The van der Waals surface area contributed by atoms with E-state index in [1.807, 2.05) is 0 Å². The van der Waals surface area contributed by atoms with E-state index >= 15 is 0 Å². The van der Waals surface area contributed by atoms with Crippen molar-refractivity contribution in [3.63, 3.8) is 0 Å². The lowest BCUT2D eigenvalue weighted by Gasteiger charge is -2.29. The summed E-state index contributed by atoms with van der Waals surface area (Å²) in [5.41, 5.74) is 1.10. The number of rotatable bonds is 9. The molecule has 4 rings (SSSR count). The lowest BCUT2D eigenvalue weighted by molar-refractivity contribution is -0.147. The number of Topliss-reactive ketones (excluding diaryl/α,β-unsaturated/α-hetero) is 2. The number of nitrogens with zero attached hydrogens (tertiary/aromatic N) is 1. The van der Waals surface area contributed by atoms with E-state index in [1.165, 1.54) is 24.1 Å². The summed E-state index contributed by atoms with van der Waals surface area (Å²) in [4.78, 5) is 50.4. The number of alkyl halides is 2. The van der Waals surface area contributed by atoms with Gasteiger partial charge in [-0.1, -0.05) is 24.3 Å². The molecule has 1 atom stereocenters. The zero-order chi connectivity index (χ0) is 25.9. The van der Waals surface area contributed by atoms with Gasteiger partial charge < -0.3 is 19.7 Å². The number of ether oxygens (including phenoxy) is 2. The first kappa shape index (κ1) is 25.4. The van der Waals surface area contributed by atoms with Crippen molar-refractivity contribution in [3.8, 4) is 5.75 Å². The van der Waals surface area contributed by atoms with E-state index in [2.05, 4.69) is 5.32 Å². The van der Waals surface area contributed by atoms with Crippen molar-refractivity contribution in [2.45, 2.75) is 44.3 Å². The largest absolute Gasteiger partial charge is 0.491 e. The molecule has 0 saturated heterocycles. The first-order valence-electron chi connectivity index (χ1n) is 11.6. The maximum absolute atomic E-state index is 14.8. The van der Waals surface area contributed by atoms with Crippen LogP contribution in [0.3, 0.4) is 0 Å². The number of hydrogen-bond donors (Lipinski definition) is 1. The second-order valence-corrected chi connectivity index (χ2v) is 8.79. The highest BCUT2D eigenvalue weighted by Gasteiger charge is 2.41. The van der Waals surface area contributed by atoms with Gasteiger partial charge in [-0.15, -0.1) is 0 Å². The molecule has 1 heterocycles. The molecule has 0 bridgehead atoms. The number of carbonyl (C=O) groups is 4. The van der Waals surface area contributed by atoms with Crippen molar-refractivity contribution in [1.29, 1.82) is 0 Å². The van der Waals surface area contributed by atoms with E-state index in [4.69, 9.17) is 9.47 Å². The van der Waals surface area contributed by atoms with Crippen LogP contribution in [0.15, 0.2) is 42.5 Å². The van der Waals surface area contributed by atoms with Crippen molar-refractivity contribution >= 4 is 23.4 Å². The van der Waals surface area contributed by atoms with Gasteiger partial charge in [0.2, 0.25) is 0 Å². The normalized spacial score (nSPS) is 17.8. The summed E-state index contributed by atoms with van der Waals surface area (Å²) in [5.74, 6) is -5.75. The van der Waals surface area contributed by atoms with Gasteiger partial charge in [0, 0.05) is 37.7 Å². The molecular formula is C26H26F2N2O6. The van der Waals surface area contributed by atoms with Crippen LogP contribution in [0.1, 0.15) is 46.3 Å². The molecule has 1 unspecified atom stereocenters. The predicted octanol–water partition coefficient (Wildman–Crippen LogP) is 2.77. The number of ketones is 2. The molecule has 1 saturated carbocycles. The number of halogens is 2. The summed E-state index contributed by atoms with van der Waals surface area (Å²) in [6, 6.07) is 9.33. The van der Waals surface area contributed by atoms with Crippen LogP contribution >= 0.6 is 0 Å². The summed E-state index contributed by atoms with van der Waals surface area (Å²) >= 11 is 0. The molecule has 36 heavy (non-hydrogen) atoms. The zero-order valence-electron chi connectivity index (χ0n) is 19.7. The molecule has 0 spiro atoms. The lowest BCUT2D eigenvalue weighted by Crippen LogP contribution is -2.44. The highest BCUT2D eigenvalue weighted by atomic mass is 19.3. The van der Waals surface area contributed by atoms with Gasteiger partial charge in [-0.3, -0.25) is 19.2 Å². The maximum Gasteiger partial charge on any atom is 0.349 e. The molecule has 1 aliphatic heterocycles. The molecule has 2 aromatic carbocycles. The third kappa shape index (κ3) is 5.28. The third-order valence-corrected chi connectivity index (χ3v) is 6.31. The van der Waals surface area contributed by atoms with Crippen molar-refractivity contribution in [1.82, 2.24) is 10.2 Å². The van der Waals surface area contributed by atoms with Crippen LogP contribution in [0.4, 0.5) is 8.78 Å². The Morgan fingerprint density at radius 2 is 1.94 bits per heavy atom. The van der Waals surface area contributed by atoms with Crippen LogP contribution in [0.2, 0.25) is 0 Å². The number of benzene rings is 2. The SMILES string of the molecule is COCCOc1cccc(C(F)(F)C(=O)NCc2ccc3c(c2)CN(C2CCC(=O)CC2=O)C3=O)c1. The first-order chi connectivity index (χ1) is 17.2. The highest BCUT2D eigenvalue weighted by molar-refractivity contribution is 6.07. The Hall–Kier alpha value is -3.66. The second-order valence-electron chi connectivity index (χ2n) is 8.79. The highest BCUT2D eigenvalue weighted by Crippen LogP contribution is 2.32. The number of fused-ring (bicyclic) bond motifs is 1. The molecular weight excluding hydrogens is 474 g/mol. The minimum absolute atomic E-state index is 0.124. The minimum Gasteiger partial charge on any atom is -0.491 e. The van der Waals surface area contributed by atoms with E-state index in [0.29, 0.717) is 29.7 Å². The second kappa shape index (κ2) is 10.5. The quantitative estimate of drug-likeness (QED) is 0.420. The third-order valence-electron chi connectivity index (χ3n) is 6.31. The van der Waals surface area contributed by atoms with Crippen LogP contribution in [-0.4, -0.2) is 54.6 Å². The van der Waals surface area contributed by atoms with E-state index in [0.717, 1.165) is 12.1 Å². The maximum atomic E-state index is 14.8. The molecule has 10 heteroatoms. The molecule has 190 valence electrons. The number of amides is 2. The Morgan fingerprint density at radius 3 is 2.69 bits per heavy atom. The molecule has 1 N–H and O–H groups in total. The van der Waals surface area contributed by atoms with Crippen molar-refractivity contribution in [2.24, 2.45) is 0 Å². The Bertz CT molecular complexity index is 1200. The van der Waals surface area contributed by atoms with Crippen LogP contribution < -0.4 is 10.1 Å². The van der Waals surface area contributed by atoms with Gasteiger partial charge in [-0.25, -0.2) is 0 Å². The fraction of sp³-hybridized carbons (Fsp3) is 0.385. The molecule has 0 aromatic heterocycles. The van der Waals surface area contributed by atoms with E-state index in [-0.39, 0.29) is 55.8 Å². The Balaban J connectivity index is 1.39. The van der Waals surface area contributed by atoms with E-state index in [1.54, 1.807) is 18.2 Å². The van der Waals surface area contributed by atoms with Gasteiger partial charge >= 0.3 is 5.92 Å². The van der Waals surface area contributed by atoms with Gasteiger partial charge in [0.05, 0.1) is 19.1 Å². The Kier molecular flexibility index (Phi) is 7.44. The fourth-order valence-electron chi connectivity index (χ4n) is 4.40. The van der Waals surface area contributed by atoms with Gasteiger partial charge in [0.1, 0.15) is 18.1 Å². The molecule has 8 nitrogen and oxygen atoms in total. The summed E-state index contributed by atoms with van der Waals surface area (Å²) in [6.07, 6.45) is 0.386. The first-order valence-corrected chi connectivity index (χ1v) is 11.6. The van der Waals surface area contributed by atoms with E-state index in [9.17, 15) is 28.0 Å². The Morgan fingerprint density at radius 1 is 1.14 bits per heavy atom.